The second-order valence-electron chi connectivity index (χ2n) is 25.9. The van der Waals surface area contributed by atoms with Crippen molar-refractivity contribution in [2.24, 2.45) is 0 Å². The Labute approximate surface area is 564 Å². The minimum absolute atomic E-state index is 0.0101. The van der Waals surface area contributed by atoms with Gasteiger partial charge in [-0.3, -0.25) is 14.5 Å². The van der Waals surface area contributed by atoms with Crippen LogP contribution >= 0.6 is 0 Å². The lowest BCUT2D eigenvalue weighted by Gasteiger charge is -2.34. The maximum absolute atomic E-state index is 14.2. The summed E-state index contributed by atoms with van der Waals surface area (Å²) in [6.07, 6.45) is 13.7. The fourth-order valence-corrected chi connectivity index (χ4v) is 12.7. The Kier molecular flexibility index (Phi) is 24.3. The summed E-state index contributed by atoms with van der Waals surface area (Å²) in [5, 5.41) is 12.1. The number of ether oxygens (including phenoxy) is 3. The SMILES string of the molecule is CC(C)(C)OC(=O)N1Cc2[nH]c3ccccc3c2CC1C(=O)O.CCCCCCCCCC(=O)N1Cc2[nH]c3ccccc3c2CC1C(=O)Oc1c(F)c(F)c(F)c(F)c1F.CCCCCCCCCC(=O)N1Cc2[nH]c3ccccc3c2CC1C(=O)Oc1c(F)c(F)c(F)c(F)c1F. The van der Waals surface area contributed by atoms with Crippen molar-refractivity contribution in [3.8, 4) is 11.5 Å². The Hall–Kier alpha value is -9.36. The van der Waals surface area contributed by atoms with Gasteiger partial charge < -0.3 is 44.1 Å². The van der Waals surface area contributed by atoms with Crippen molar-refractivity contribution in [2.75, 3.05) is 0 Å². The first-order valence-corrected chi connectivity index (χ1v) is 33.3. The summed E-state index contributed by atoms with van der Waals surface area (Å²) < 4.78 is 153. The maximum Gasteiger partial charge on any atom is 0.411 e. The number of rotatable bonds is 21. The predicted octanol–water partition coefficient (Wildman–Crippen LogP) is 16.6. The van der Waals surface area contributed by atoms with E-state index in [0.29, 0.717) is 24.2 Å². The number of esters is 2. The number of fused-ring (bicyclic) bond motifs is 9. The van der Waals surface area contributed by atoms with E-state index in [0.717, 1.165) is 132 Å². The lowest BCUT2D eigenvalue weighted by Crippen LogP contribution is -2.50. The Morgan fingerprint density at radius 2 is 0.717 bits per heavy atom. The molecule has 16 nitrogen and oxygen atoms in total. The first-order valence-electron chi connectivity index (χ1n) is 33.3. The quantitative estimate of drug-likeness (QED) is 0.0134. The van der Waals surface area contributed by atoms with Crippen molar-refractivity contribution < 1.29 is 92.0 Å². The van der Waals surface area contributed by atoms with Gasteiger partial charge in [0.15, 0.2) is 0 Å². The number of carboxylic acids is 1. The molecule has 3 aliphatic rings. The predicted molar refractivity (Wildman–Crippen MR) is 347 cm³/mol. The maximum atomic E-state index is 14.2. The number of aromatic amines is 3. The number of carboxylic acid groups (broad SMARTS) is 1. The highest BCUT2D eigenvalue weighted by Crippen LogP contribution is 2.38. The summed E-state index contributed by atoms with van der Waals surface area (Å²) in [5.74, 6) is -30.3. The molecular formula is C73H78F10N6O10. The van der Waals surface area contributed by atoms with Crippen LogP contribution in [0.5, 0.6) is 11.5 Å². The molecule has 0 saturated carbocycles. The molecule has 530 valence electrons. The Balaban J connectivity index is 0.000000179. The van der Waals surface area contributed by atoms with Crippen LogP contribution in [0.1, 0.15) is 171 Å². The number of nitrogens with one attached hydrogen (secondary N) is 3. The Bertz CT molecular complexity index is 4040. The smallest absolute Gasteiger partial charge is 0.411 e. The number of aliphatic carboxylic acids is 1. The van der Waals surface area contributed by atoms with Gasteiger partial charge in [0.1, 0.15) is 23.7 Å². The highest BCUT2D eigenvalue weighted by molar-refractivity contribution is 5.93. The van der Waals surface area contributed by atoms with Crippen molar-refractivity contribution in [1.29, 1.82) is 0 Å². The number of unbranched alkanes of at least 4 members (excludes halogenated alkanes) is 12. The fraction of sp³-hybridized carbons (Fsp3) is 0.425. The first kappa shape index (κ1) is 73.9. The number of hydrogen-bond donors (Lipinski definition) is 4. The molecule has 0 radical (unpaired) electrons. The summed E-state index contributed by atoms with van der Waals surface area (Å²) in [4.78, 5) is 90.2. The third-order valence-electron chi connectivity index (χ3n) is 17.8. The van der Waals surface area contributed by atoms with E-state index in [4.69, 9.17) is 14.2 Å². The van der Waals surface area contributed by atoms with Crippen molar-refractivity contribution in [1.82, 2.24) is 29.7 Å². The van der Waals surface area contributed by atoms with E-state index < -0.39 is 117 Å². The van der Waals surface area contributed by atoms with Crippen molar-refractivity contribution >= 4 is 68.5 Å². The molecule has 4 N–H and O–H groups in total. The molecule has 3 amide bonds. The van der Waals surface area contributed by atoms with E-state index in [2.05, 4.69) is 28.8 Å². The Morgan fingerprint density at radius 1 is 0.424 bits per heavy atom. The normalized spacial score (nSPS) is 15.7. The molecule has 8 aromatic rings. The number of amides is 3. The number of benzene rings is 5. The Morgan fingerprint density at radius 3 is 1.04 bits per heavy atom. The molecular weight excluding hydrogens is 1310 g/mol. The minimum atomic E-state index is -2.35. The van der Waals surface area contributed by atoms with Crippen LogP contribution in [-0.4, -0.2) is 94.3 Å². The molecule has 99 heavy (non-hydrogen) atoms. The van der Waals surface area contributed by atoms with E-state index in [-0.39, 0.29) is 63.6 Å². The van der Waals surface area contributed by atoms with Crippen LogP contribution in [0.2, 0.25) is 0 Å². The number of carbonyl (C=O) groups is 6. The van der Waals surface area contributed by atoms with Gasteiger partial charge in [-0.15, -0.1) is 0 Å². The number of hydrogen-bond acceptors (Lipinski definition) is 9. The third kappa shape index (κ3) is 16.9. The van der Waals surface area contributed by atoms with Gasteiger partial charge in [0, 0.05) is 81.9 Å². The number of para-hydroxylation sites is 3. The summed E-state index contributed by atoms with van der Waals surface area (Å²) in [5.41, 5.74) is 6.55. The van der Waals surface area contributed by atoms with Crippen molar-refractivity contribution in [3.05, 3.63) is 165 Å². The fourth-order valence-electron chi connectivity index (χ4n) is 12.7. The number of aromatic nitrogens is 3. The zero-order valence-electron chi connectivity index (χ0n) is 55.5. The monoisotopic (exact) mass is 1390 g/mol. The number of H-pyrrole nitrogens is 3. The van der Waals surface area contributed by atoms with Crippen LogP contribution < -0.4 is 9.47 Å². The van der Waals surface area contributed by atoms with Gasteiger partial charge >= 0.3 is 24.0 Å². The van der Waals surface area contributed by atoms with E-state index >= 15 is 0 Å². The number of nitrogens with zero attached hydrogens (tertiary/aromatic N) is 3. The van der Waals surface area contributed by atoms with Gasteiger partial charge in [-0.25, -0.2) is 45.5 Å². The van der Waals surface area contributed by atoms with Crippen LogP contribution in [0.15, 0.2) is 72.8 Å². The molecule has 0 spiro atoms. The van der Waals surface area contributed by atoms with Crippen LogP contribution in [0.3, 0.4) is 0 Å². The van der Waals surface area contributed by atoms with Gasteiger partial charge in [-0.05, 0) is 68.5 Å². The zero-order chi connectivity index (χ0) is 71.6. The summed E-state index contributed by atoms with van der Waals surface area (Å²) >= 11 is 0. The lowest BCUT2D eigenvalue weighted by molar-refractivity contribution is -0.149. The van der Waals surface area contributed by atoms with E-state index in [1.54, 1.807) is 32.9 Å². The summed E-state index contributed by atoms with van der Waals surface area (Å²) in [7, 11) is 0. The molecule has 0 aliphatic carbocycles. The van der Waals surface area contributed by atoms with Crippen molar-refractivity contribution in [2.45, 2.75) is 200 Å². The summed E-state index contributed by atoms with van der Waals surface area (Å²) in [6.45, 7) is 9.77. The minimum Gasteiger partial charge on any atom is -0.480 e. The average molecular weight is 1390 g/mol. The third-order valence-corrected chi connectivity index (χ3v) is 17.8. The van der Waals surface area contributed by atoms with Gasteiger partial charge in [-0.1, -0.05) is 145 Å². The van der Waals surface area contributed by atoms with Crippen LogP contribution in [0.4, 0.5) is 48.7 Å². The molecule has 26 heteroatoms. The largest absolute Gasteiger partial charge is 0.480 e. The molecule has 0 fully saturated rings. The lowest BCUT2D eigenvalue weighted by atomic mass is 9.96. The first-order chi connectivity index (χ1) is 47.2. The van der Waals surface area contributed by atoms with Gasteiger partial charge in [0.25, 0.3) is 0 Å². The van der Waals surface area contributed by atoms with Gasteiger partial charge in [0.2, 0.25) is 81.5 Å². The highest BCUT2D eigenvalue weighted by atomic mass is 19.2. The standard InChI is InChI=1S/2C28H29F5N2O3.C17H20N2O4/c2*1-2-3-4-5-6-7-8-13-21(36)35-15-19-17(16-11-9-10-12-18(16)34-19)14-20(35)28(37)38-27-25(32)23(30)22(29)24(31)26(27)33;1-17(2,3)23-16(22)19-9-13-11(8-14(19)15(20)21)10-6-4-5-7-12(10)18-13/h2*9-12,20,34H,2-8,13-15H2,1H3;4-7,14,18H,8-9H2,1-3H3,(H,20,21). The zero-order valence-corrected chi connectivity index (χ0v) is 55.5. The molecule has 3 aromatic heterocycles. The molecule has 0 saturated heterocycles. The molecule has 11 rings (SSSR count). The molecule has 0 bridgehead atoms. The highest BCUT2D eigenvalue weighted by Gasteiger charge is 2.43. The summed E-state index contributed by atoms with van der Waals surface area (Å²) in [6, 6.07) is 18.8. The molecule has 3 unspecified atom stereocenters. The van der Waals surface area contributed by atoms with Crippen molar-refractivity contribution in [3.63, 3.8) is 0 Å². The molecule has 5 aromatic carbocycles. The van der Waals surface area contributed by atoms with Crippen LogP contribution in [0, 0.1) is 58.2 Å². The molecule has 3 aliphatic heterocycles. The van der Waals surface area contributed by atoms with Crippen LogP contribution in [0.25, 0.3) is 32.7 Å². The average Bonchev–Trinajstić information content (AvgIpc) is 1.66. The van der Waals surface area contributed by atoms with Gasteiger partial charge in [0.05, 0.1) is 19.6 Å². The number of halogens is 10. The van der Waals surface area contributed by atoms with Gasteiger partial charge in [-0.2, -0.15) is 17.6 Å². The second-order valence-corrected chi connectivity index (χ2v) is 25.9. The molecule has 6 heterocycles. The molecule has 3 atom stereocenters. The van der Waals surface area contributed by atoms with E-state index in [1.165, 1.54) is 14.7 Å². The van der Waals surface area contributed by atoms with E-state index in [1.807, 2.05) is 60.7 Å². The second kappa shape index (κ2) is 32.5. The van der Waals surface area contributed by atoms with E-state index in [9.17, 15) is 77.8 Å². The number of carbonyl (C=O) groups excluding carboxylic acids is 5. The van der Waals surface area contributed by atoms with Crippen LogP contribution in [-0.2, 0) is 67.6 Å². The topological polar surface area (TPSA) is 207 Å².